The summed E-state index contributed by atoms with van der Waals surface area (Å²) < 4.78 is 11.1. The third-order valence-corrected chi connectivity index (χ3v) is 2.73. The quantitative estimate of drug-likeness (QED) is 0.757. The van der Waals surface area contributed by atoms with Gasteiger partial charge in [-0.2, -0.15) is 0 Å². The fraction of sp³-hybridized carbons (Fsp3) is 0.375. The number of aromatic nitrogens is 2. The van der Waals surface area contributed by atoms with Gasteiger partial charge in [-0.05, 0) is 26.0 Å². The summed E-state index contributed by atoms with van der Waals surface area (Å²) in [5.74, 6) is 2.37. The molecule has 0 amide bonds. The van der Waals surface area contributed by atoms with Crippen LogP contribution in [0.1, 0.15) is 18.4 Å². The van der Waals surface area contributed by atoms with Gasteiger partial charge in [0, 0.05) is 18.3 Å². The zero-order valence-electron chi connectivity index (χ0n) is 12.5. The standard InChI is InChI=1S/C16H21N3O2/c1-3-17-15-11-13(2)18-16(19-15)12-20-9-10-21-14-7-5-4-6-8-14/h4-8,11H,3,9-10,12H2,1-2H3,(H,17,18,19). The topological polar surface area (TPSA) is 56.3 Å². The smallest absolute Gasteiger partial charge is 0.156 e. The molecule has 2 rings (SSSR count). The highest BCUT2D eigenvalue weighted by atomic mass is 16.5. The summed E-state index contributed by atoms with van der Waals surface area (Å²) in [6, 6.07) is 11.6. The first-order valence-corrected chi connectivity index (χ1v) is 7.12. The molecule has 0 fully saturated rings. The molecular weight excluding hydrogens is 266 g/mol. The lowest BCUT2D eigenvalue weighted by Crippen LogP contribution is -2.10. The van der Waals surface area contributed by atoms with Crippen molar-refractivity contribution in [2.75, 3.05) is 25.1 Å². The average Bonchev–Trinajstić information content (AvgIpc) is 2.48. The highest BCUT2D eigenvalue weighted by Gasteiger charge is 2.02. The van der Waals surface area contributed by atoms with Gasteiger partial charge in [-0.3, -0.25) is 0 Å². The van der Waals surface area contributed by atoms with Crippen molar-refractivity contribution in [3.05, 3.63) is 47.9 Å². The van der Waals surface area contributed by atoms with E-state index in [1.807, 2.05) is 50.2 Å². The van der Waals surface area contributed by atoms with Gasteiger partial charge in [-0.1, -0.05) is 18.2 Å². The summed E-state index contributed by atoms with van der Waals surface area (Å²) in [7, 11) is 0. The van der Waals surface area contributed by atoms with E-state index in [9.17, 15) is 0 Å². The van der Waals surface area contributed by atoms with E-state index in [0.717, 1.165) is 23.8 Å². The van der Waals surface area contributed by atoms with Crippen LogP contribution in [0.3, 0.4) is 0 Å². The van der Waals surface area contributed by atoms with Crippen LogP contribution in [-0.4, -0.2) is 29.7 Å². The second-order valence-corrected chi connectivity index (χ2v) is 4.56. The number of hydrogen-bond acceptors (Lipinski definition) is 5. The van der Waals surface area contributed by atoms with Crippen molar-refractivity contribution in [1.29, 1.82) is 0 Å². The first kappa shape index (κ1) is 15.3. The van der Waals surface area contributed by atoms with Crippen molar-refractivity contribution in [3.63, 3.8) is 0 Å². The van der Waals surface area contributed by atoms with Crippen LogP contribution in [0.2, 0.25) is 0 Å². The number of para-hydroxylation sites is 1. The van der Waals surface area contributed by atoms with E-state index in [1.165, 1.54) is 0 Å². The Morgan fingerprint density at radius 3 is 2.67 bits per heavy atom. The van der Waals surface area contributed by atoms with Crippen molar-refractivity contribution in [3.8, 4) is 5.75 Å². The van der Waals surface area contributed by atoms with Crippen LogP contribution in [0.25, 0.3) is 0 Å². The summed E-state index contributed by atoms with van der Waals surface area (Å²) in [4.78, 5) is 8.75. The zero-order chi connectivity index (χ0) is 14.9. The Labute approximate surface area is 125 Å². The number of anilines is 1. The summed E-state index contributed by atoms with van der Waals surface area (Å²) in [5.41, 5.74) is 0.931. The van der Waals surface area contributed by atoms with E-state index in [0.29, 0.717) is 25.6 Å². The van der Waals surface area contributed by atoms with Crippen LogP contribution in [0.15, 0.2) is 36.4 Å². The predicted molar refractivity (Wildman–Crippen MR) is 82.5 cm³/mol. The molecule has 0 aliphatic carbocycles. The lowest BCUT2D eigenvalue weighted by Gasteiger charge is -2.08. The van der Waals surface area contributed by atoms with E-state index in [1.54, 1.807) is 0 Å². The molecule has 112 valence electrons. The minimum absolute atomic E-state index is 0.387. The fourth-order valence-electron chi connectivity index (χ4n) is 1.86. The Bertz CT molecular complexity index is 546. The summed E-state index contributed by atoms with van der Waals surface area (Å²) >= 11 is 0. The lowest BCUT2D eigenvalue weighted by molar-refractivity contribution is 0.0848. The van der Waals surface area contributed by atoms with E-state index in [4.69, 9.17) is 9.47 Å². The summed E-state index contributed by atoms with van der Waals surface area (Å²) in [6.07, 6.45) is 0. The van der Waals surface area contributed by atoms with E-state index < -0.39 is 0 Å². The van der Waals surface area contributed by atoms with Crippen LogP contribution in [-0.2, 0) is 11.3 Å². The van der Waals surface area contributed by atoms with Crippen LogP contribution in [0.5, 0.6) is 5.75 Å². The van der Waals surface area contributed by atoms with Gasteiger partial charge in [-0.25, -0.2) is 9.97 Å². The molecular formula is C16H21N3O2. The molecule has 5 nitrogen and oxygen atoms in total. The minimum Gasteiger partial charge on any atom is -0.491 e. The molecule has 0 atom stereocenters. The zero-order valence-corrected chi connectivity index (χ0v) is 12.5. The lowest BCUT2D eigenvalue weighted by atomic mass is 10.3. The molecule has 0 saturated carbocycles. The fourth-order valence-corrected chi connectivity index (χ4v) is 1.86. The SMILES string of the molecule is CCNc1cc(C)nc(COCCOc2ccccc2)n1. The van der Waals surface area contributed by atoms with Gasteiger partial charge in [0.25, 0.3) is 0 Å². The molecule has 0 aliphatic heterocycles. The van der Waals surface area contributed by atoms with Crippen molar-refractivity contribution in [2.24, 2.45) is 0 Å². The second-order valence-electron chi connectivity index (χ2n) is 4.56. The molecule has 0 spiro atoms. The number of nitrogens with zero attached hydrogens (tertiary/aromatic N) is 2. The van der Waals surface area contributed by atoms with Gasteiger partial charge in [0.1, 0.15) is 24.8 Å². The Hall–Kier alpha value is -2.14. The number of hydrogen-bond donors (Lipinski definition) is 1. The maximum atomic E-state index is 5.55. The van der Waals surface area contributed by atoms with Crippen LogP contribution in [0.4, 0.5) is 5.82 Å². The Morgan fingerprint density at radius 2 is 1.90 bits per heavy atom. The number of nitrogens with one attached hydrogen (secondary N) is 1. The maximum Gasteiger partial charge on any atom is 0.156 e. The van der Waals surface area contributed by atoms with Crippen LogP contribution in [0, 0.1) is 6.92 Å². The Kier molecular flexibility index (Phi) is 5.97. The van der Waals surface area contributed by atoms with Gasteiger partial charge in [0.05, 0.1) is 6.61 Å². The largest absolute Gasteiger partial charge is 0.491 e. The van der Waals surface area contributed by atoms with E-state index in [-0.39, 0.29) is 0 Å². The van der Waals surface area contributed by atoms with Crippen molar-refractivity contribution in [2.45, 2.75) is 20.5 Å². The number of aryl methyl sites for hydroxylation is 1. The van der Waals surface area contributed by atoms with Gasteiger partial charge in [0.15, 0.2) is 5.82 Å². The molecule has 0 aliphatic rings. The van der Waals surface area contributed by atoms with Crippen molar-refractivity contribution in [1.82, 2.24) is 9.97 Å². The molecule has 0 bridgehead atoms. The molecule has 0 saturated heterocycles. The Morgan fingerprint density at radius 1 is 1.10 bits per heavy atom. The Balaban J connectivity index is 1.73. The van der Waals surface area contributed by atoms with Gasteiger partial charge >= 0.3 is 0 Å². The molecule has 5 heteroatoms. The van der Waals surface area contributed by atoms with E-state index >= 15 is 0 Å². The third kappa shape index (κ3) is 5.39. The highest BCUT2D eigenvalue weighted by Crippen LogP contribution is 2.08. The summed E-state index contributed by atoms with van der Waals surface area (Å²) in [5, 5.41) is 3.18. The normalized spacial score (nSPS) is 10.4. The van der Waals surface area contributed by atoms with Crippen molar-refractivity contribution < 1.29 is 9.47 Å². The monoisotopic (exact) mass is 287 g/mol. The number of ether oxygens (including phenoxy) is 2. The number of rotatable bonds is 8. The molecule has 21 heavy (non-hydrogen) atoms. The van der Waals surface area contributed by atoms with Crippen LogP contribution < -0.4 is 10.1 Å². The molecule has 0 radical (unpaired) electrons. The molecule has 1 N–H and O–H groups in total. The third-order valence-electron chi connectivity index (χ3n) is 2.73. The van der Waals surface area contributed by atoms with Gasteiger partial charge in [-0.15, -0.1) is 0 Å². The van der Waals surface area contributed by atoms with E-state index in [2.05, 4.69) is 15.3 Å². The second kappa shape index (κ2) is 8.21. The minimum atomic E-state index is 0.387. The van der Waals surface area contributed by atoms with Gasteiger partial charge < -0.3 is 14.8 Å². The highest BCUT2D eigenvalue weighted by molar-refractivity contribution is 5.35. The molecule has 1 aromatic carbocycles. The average molecular weight is 287 g/mol. The number of benzene rings is 1. The van der Waals surface area contributed by atoms with Gasteiger partial charge in [0.2, 0.25) is 0 Å². The molecule has 1 aromatic heterocycles. The maximum absolute atomic E-state index is 5.55. The molecule has 1 heterocycles. The summed E-state index contributed by atoms with van der Waals surface area (Å²) in [6.45, 7) is 6.22. The van der Waals surface area contributed by atoms with Crippen LogP contribution >= 0.6 is 0 Å². The predicted octanol–water partition coefficient (Wildman–Crippen LogP) is 2.81. The van der Waals surface area contributed by atoms with Crippen molar-refractivity contribution >= 4 is 5.82 Å². The molecule has 2 aromatic rings. The molecule has 0 unspecified atom stereocenters. The first-order valence-electron chi connectivity index (χ1n) is 7.12. The first-order chi connectivity index (χ1) is 10.3.